The fourth-order valence-corrected chi connectivity index (χ4v) is 3.21. The van der Waals surface area contributed by atoms with Gasteiger partial charge in [-0.25, -0.2) is 9.59 Å². The van der Waals surface area contributed by atoms with Gasteiger partial charge in [-0.05, 0) is 29.6 Å². The molecule has 6 heteroatoms. The number of thioether (sulfide) groups is 1. The number of nitrogens with zero attached hydrogens (tertiary/aromatic N) is 1. The average Bonchev–Trinajstić information content (AvgIpc) is 2.85. The van der Waals surface area contributed by atoms with Crippen LogP contribution in [0.15, 0.2) is 24.3 Å². The maximum Gasteiger partial charge on any atom is 0.327 e. The molecule has 114 valence electrons. The van der Waals surface area contributed by atoms with Gasteiger partial charge in [0.05, 0.1) is 0 Å². The summed E-state index contributed by atoms with van der Waals surface area (Å²) >= 11 is 1.73. The molecule has 21 heavy (non-hydrogen) atoms. The number of anilines is 1. The number of aliphatic carboxylic acids is 1. The number of nitrogens with one attached hydrogen (secondary N) is 1. The van der Waals surface area contributed by atoms with Gasteiger partial charge in [-0.3, -0.25) is 4.90 Å². The minimum absolute atomic E-state index is 0.333. The van der Waals surface area contributed by atoms with Crippen LogP contribution in [0.25, 0.3) is 0 Å². The molecule has 0 aromatic heterocycles. The Morgan fingerprint density at radius 2 is 2.19 bits per heavy atom. The Balaban J connectivity index is 2.11. The van der Waals surface area contributed by atoms with Crippen LogP contribution in [-0.2, 0) is 11.2 Å². The van der Waals surface area contributed by atoms with Crippen LogP contribution in [0.4, 0.5) is 10.5 Å². The third kappa shape index (κ3) is 3.50. The number of carboxylic acids is 1. The summed E-state index contributed by atoms with van der Waals surface area (Å²) in [7, 11) is 0. The molecule has 0 bridgehead atoms. The number of hydrogen-bond donors (Lipinski definition) is 2. The zero-order valence-corrected chi connectivity index (χ0v) is 13.0. The van der Waals surface area contributed by atoms with Crippen molar-refractivity contribution in [1.29, 1.82) is 0 Å². The first kappa shape index (κ1) is 15.7. The molecule has 5 nitrogen and oxygen atoms in total. The third-order valence-corrected chi connectivity index (χ3v) is 4.44. The van der Waals surface area contributed by atoms with E-state index < -0.39 is 12.0 Å². The highest BCUT2D eigenvalue weighted by molar-refractivity contribution is 7.98. The van der Waals surface area contributed by atoms with E-state index in [0.717, 1.165) is 11.3 Å². The Bertz CT molecular complexity index is 535. The number of hydrogen-bond acceptors (Lipinski definition) is 3. The van der Waals surface area contributed by atoms with Crippen molar-refractivity contribution in [1.82, 2.24) is 5.32 Å². The number of carboxylic acid groups (broad SMARTS) is 1. The van der Waals surface area contributed by atoms with E-state index in [4.69, 9.17) is 0 Å². The summed E-state index contributed by atoms with van der Waals surface area (Å²) in [5.41, 5.74) is 1.59. The highest BCUT2D eigenvalue weighted by Crippen LogP contribution is 2.32. The fourth-order valence-electron chi connectivity index (χ4n) is 2.52. The van der Waals surface area contributed by atoms with Gasteiger partial charge in [0.25, 0.3) is 0 Å². The monoisotopic (exact) mass is 308 g/mol. The minimum atomic E-state index is -0.974. The summed E-state index contributed by atoms with van der Waals surface area (Å²) in [6.45, 7) is 2.61. The van der Waals surface area contributed by atoms with E-state index in [1.165, 1.54) is 4.90 Å². The van der Waals surface area contributed by atoms with Gasteiger partial charge in [-0.2, -0.15) is 11.8 Å². The van der Waals surface area contributed by atoms with Gasteiger partial charge in [-0.15, -0.1) is 0 Å². The van der Waals surface area contributed by atoms with Crippen LogP contribution in [0.2, 0.25) is 0 Å². The summed E-state index contributed by atoms with van der Waals surface area (Å²) in [5.74, 6) is 0.336. The molecular weight excluding hydrogens is 288 g/mol. The van der Waals surface area contributed by atoms with Crippen molar-refractivity contribution >= 4 is 29.4 Å². The van der Waals surface area contributed by atoms with E-state index in [0.29, 0.717) is 24.6 Å². The number of carbonyl (C=O) groups excluding carboxylic acids is 1. The topological polar surface area (TPSA) is 69.6 Å². The highest BCUT2D eigenvalue weighted by Gasteiger charge is 2.38. The SMILES string of the molecule is CSCC(C)CNC(=O)N1c2ccccc2CC1C(=O)O. The maximum absolute atomic E-state index is 12.4. The summed E-state index contributed by atoms with van der Waals surface area (Å²) in [6, 6.07) is 6.19. The third-order valence-electron chi connectivity index (χ3n) is 3.53. The first-order valence-corrected chi connectivity index (χ1v) is 8.30. The zero-order valence-electron chi connectivity index (χ0n) is 12.2. The van der Waals surface area contributed by atoms with Crippen molar-refractivity contribution in [3.05, 3.63) is 29.8 Å². The molecule has 1 aromatic rings. The second kappa shape index (κ2) is 6.85. The van der Waals surface area contributed by atoms with E-state index in [-0.39, 0.29) is 6.03 Å². The predicted octanol–water partition coefficient (Wildman–Crippen LogP) is 2.21. The Morgan fingerprint density at radius 1 is 1.48 bits per heavy atom. The molecule has 1 heterocycles. The fraction of sp³-hybridized carbons (Fsp3) is 0.467. The van der Waals surface area contributed by atoms with Crippen LogP contribution in [0.5, 0.6) is 0 Å². The molecule has 2 unspecified atom stereocenters. The number of para-hydroxylation sites is 1. The van der Waals surface area contributed by atoms with Crippen molar-refractivity contribution < 1.29 is 14.7 Å². The molecule has 0 aliphatic carbocycles. The number of amides is 2. The molecule has 2 atom stereocenters. The van der Waals surface area contributed by atoms with Crippen LogP contribution in [0.1, 0.15) is 12.5 Å². The van der Waals surface area contributed by atoms with Gasteiger partial charge in [0, 0.05) is 18.7 Å². The van der Waals surface area contributed by atoms with E-state index in [1.807, 2.05) is 24.5 Å². The van der Waals surface area contributed by atoms with Gasteiger partial charge in [0.15, 0.2) is 0 Å². The van der Waals surface area contributed by atoms with Crippen LogP contribution < -0.4 is 10.2 Å². The number of fused-ring (bicyclic) bond motifs is 1. The minimum Gasteiger partial charge on any atom is -0.480 e. The Kier molecular flexibility index (Phi) is 5.12. The Morgan fingerprint density at radius 3 is 2.86 bits per heavy atom. The number of urea groups is 1. The Labute approximate surface area is 128 Å². The van der Waals surface area contributed by atoms with Gasteiger partial charge in [-0.1, -0.05) is 25.1 Å². The first-order chi connectivity index (χ1) is 10.0. The summed E-state index contributed by atoms with van der Waals surface area (Å²) in [5, 5.41) is 12.2. The lowest BCUT2D eigenvalue weighted by Gasteiger charge is -2.24. The lowest BCUT2D eigenvalue weighted by atomic mass is 10.1. The van der Waals surface area contributed by atoms with E-state index in [9.17, 15) is 14.7 Å². The summed E-state index contributed by atoms with van der Waals surface area (Å²) < 4.78 is 0. The standard InChI is InChI=1S/C15H20N2O3S/c1-10(9-21-2)8-16-15(20)17-12-6-4-3-5-11(12)7-13(17)14(18)19/h3-6,10,13H,7-9H2,1-2H3,(H,16,20)(H,18,19). The van der Waals surface area contributed by atoms with E-state index in [1.54, 1.807) is 17.8 Å². The molecule has 0 saturated carbocycles. The van der Waals surface area contributed by atoms with Gasteiger partial charge in [0.1, 0.15) is 6.04 Å². The lowest BCUT2D eigenvalue weighted by Crippen LogP contribution is -2.48. The number of rotatable bonds is 5. The second-order valence-corrected chi connectivity index (χ2v) is 6.21. The van der Waals surface area contributed by atoms with Crippen LogP contribution in [0.3, 0.4) is 0 Å². The highest BCUT2D eigenvalue weighted by atomic mass is 32.2. The van der Waals surface area contributed by atoms with Crippen LogP contribution >= 0.6 is 11.8 Å². The lowest BCUT2D eigenvalue weighted by molar-refractivity contribution is -0.138. The molecule has 0 fully saturated rings. The van der Waals surface area contributed by atoms with Crippen molar-refractivity contribution in [2.75, 3.05) is 23.5 Å². The van der Waals surface area contributed by atoms with Crippen molar-refractivity contribution in [3.63, 3.8) is 0 Å². The average molecular weight is 308 g/mol. The van der Waals surface area contributed by atoms with Gasteiger partial charge >= 0.3 is 12.0 Å². The van der Waals surface area contributed by atoms with E-state index >= 15 is 0 Å². The molecular formula is C15H20N2O3S. The quantitative estimate of drug-likeness (QED) is 0.875. The molecule has 2 N–H and O–H groups in total. The van der Waals surface area contributed by atoms with Crippen LogP contribution in [0, 0.1) is 5.92 Å². The maximum atomic E-state index is 12.4. The molecule has 0 saturated heterocycles. The largest absolute Gasteiger partial charge is 0.480 e. The molecule has 1 aromatic carbocycles. The van der Waals surface area contributed by atoms with Crippen molar-refractivity contribution in [2.45, 2.75) is 19.4 Å². The molecule has 1 aliphatic rings. The predicted molar refractivity (Wildman–Crippen MR) is 85.0 cm³/mol. The molecule has 2 amide bonds. The van der Waals surface area contributed by atoms with Crippen molar-refractivity contribution in [3.8, 4) is 0 Å². The first-order valence-electron chi connectivity index (χ1n) is 6.91. The zero-order chi connectivity index (χ0) is 15.4. The normalized spacial score (nSPS) is 18.2. The molecule has 0 radical (unpaired) electrons. The van der Waals surface area contributed by atoms with E-state index in [2.05, 4.69) is 12.2 Å². The molecule has 1 aliphatic heterocycles. The van der Waals surface area contributed by atoms with Crippen molar-refractivity contribution in [2.24, 2.45) is 5.92 Å². The van der Waals surface area contributed by atoms with Gasteiger partial charge < -0.3 is 10.4 Å². The van der Waals surface area contributed by atoms with Gasteiger partial charge in [0.2, 0.25) is 0 Å². The summed E-state index contributed by atoms with van der Waals surface area (Å²) in [4.78, 5) is 25.1. The molecule has 2 rings (SSSR count). The Hall–Kier alpha value is -1.69. The molecule has 0 spiro atoms. The second-order valence-electron chi connectivity index (χ2n) is 5.30. The summed E-state index contributed by atoms with van der Waals surface area (Å²) in [6.07, 6.45) is 2.38. The smallest absolute Gasteiger partial charge is 0.327 e. The number of benzene rings is 1. The van der Waals surface area contributed by atoms with Crippen LogP contribution in [-0.4, -0.2) is 41.7 Å². The number of carbonyl (C=O) groups is 2.